The molecule has 3 rings (SSSR count). The predicted octanol–water partition coefficient (Wildman–Crippen LogP) is 4.03. The lowest BCUT2D eigenvalue weighted by molar-refractivity contribution is 0.101. The van der Waals surface area contributed by atoms with E-state index in [9.17, 15) is 4.79 Å². The molecule has 0 fully saturated rings. The number of hydrogen-bond donors (Lipinski definition) is 1. The number of nitrogens with zero attached hydrogens (tertiary/aromatic N) is 3. The van der Waals surface area contributed by atoms with Crippen molar-refractivity contribution >= 4 is 33.6 Å². The quantitative estimate of drug-likeness (QED) is 0.654. The summed E-state index contributed by atoms with van der Waals surface area (Å²) >= 11 is 4.89. The smallest absolute Gasteiger partial charge is 0.267 e. The molecule has 0 unspecified atom stereocenters. The molecule has 0 saturated carbocycles. The van der Waals surface area contributed by atoms with E-state index in [1.54, 1.807) is 23.7 Å². The van der Waals surface area contributed by atoms with E-state index in [0.717, 1.165) is 10.2 Å². The number of rotatable bonds is 5. The molecule has 0 aliphatic heterocycles. The first kappa shape index (κ1) is 16.7. The molecule has 1 amide bonds. The Morgan fingerprint density at radius 1 is 1.12 bits per heavy atom. The van der Waals surface area contributed by atoms with Crippen LogP contribution in [-0.4, -0.2) is 20.8 Å². The molecule has 0 aliphatic rings. The third-order valence-electron chi connectivity index (χ3n) is 3.33. The van der Waals surface area contributed by atoms with Gasteiger partial charge in [0.2, 0.25) is 5.16 Å². The molecule has 0 atom stereocenters. The first-order valence-electron chi connectivity index (χ1n) is 7.29. The average Bonchev–Trinajstić information content (AvgIpc) is 2.94. The van der Waals surface area contributed by atoms with Gasteiger partial charge in [0.15, 0.2) is 0 Å². The number of hydrogen-bond acceptors (Lipinski definition) is 4. The summed E-state index contributed by atoms with van der Waals surface area (Å²) in [4.78, 5) is 12.4. The third kappa shape index (κ3) is 4.04. The van der Waals surface area contributed by atoms with Gasteiger partial charge in [-0.05, 0) is 36.8 Å². The minimum absolute atomic E-state index is 0.202. The van der Waals surface area contributed by atoms with Crippen molar-refractivity contribution in [3.8, 4) is 0 Å². The number of carbonyl (C=O) groups excluding carboxylic acids is 1. The summed E-state index contributed by atoms with van der Waals surface area (Å²) in [5, 5.41) is 8.86. The van der Waals surface area contributed by atoms with Crippen LogP contribution in [0.5, 0.6) is 0 Å². The van der Waals surface area contributed by atoms with Crippen LogP contribution >= 0.6 is 27.7 Å². The normalized spacial score (nSPS) is 10.6. The van der Waals surface area contributed by atoms with Gasteiger partial charge in [-0.1, -0.05) is 58.0 Å². The van der Waals surface area contributed by atoms with Gasteiger partial charge in [-0.3, -0.25) is 10.2 Å². The lowest BCUT2D eigenvalue weighted by atomic mass is 10.2. The molecule has 0 radical (unpaired) electrons. The molecular formula is C17H15BrN4OS. The molecule has 1 N–H and O–H groups in total. The number of thioether (sulfide) groups is 1. The zero-order chi connectivity index (χ0) is 16.9. The van der Waals surface area contributed by atoms with E-state index < -0.39 is 0 Å². The summed E-state index contributed by atoms with van der Waals surface area (Å²) in [6, 6.07) is 17.3. The van der Waals surface area contributed by atoms with Gasteiger partial charge in [0.1, 0.15) is 5.82 Å². The van der Waals surface area contributed by atoms with Gasteiger partial charge in [0.25, 0.3) is 5.91 Å². The van der Waals surface area contributed by atoms with Crippen LogP contribution < -0.4 is 5.43 Å². The zero-order valence-electron chi connectivity index (χ0n) is 12.9. The second kappa shape index (κ2) is 7.63. The van der Waals surface area contributed by atoms with E-state index in [2.05, 4.69) is 43.7 Å². The number of carbonyl (C=O) groups is 1. The van der Waals surface area contributed by atoms with Crippen molar-refractivity contribution in [2.75, 3.05) is 5.43 Å². The van der Waals surface area contributed by atoms with Crippen LogP contribution in [0.4, 0.5) is 0 Å². The molecule has 1 aromatic heterocycles. The summed E-state index contributed by atoms with van der Waals surface area (Å²) < 4.78 is 2.55. The van der Waals surface area contributed by atoms with Crippen LogP contribution in [0.3, 0.4) is 0 Å². The number of halogens is 1. The van der Waals surface area contributed by atoms with Crippen molar-refractivity contribution in [1.29, 1.82) is 0 Å². The lowest BCUT2D eigenvalue weighted by Gasteiger charge is -2.10. The van der Waals surface area contributed by atoms with Crippen molar-refractivity contribution in [2.45, 2.75) is 17.8 Å². The largest absolute Gasteiger partial charge is 0.270 e. The van der Waals surface area contributed by atoms with Crippen molar-refractivity contribution < 1.29 is 4.79 Å². The van der Waals surface area contributed by atoms with Gasteiger partial charge < -0.3 is 0 Å². The number of aryl methyl sites for hydroxylation is 1. The monoisotopic (exact) mass is 402 g/mol. The van der Waals surface area contributed by atoms with E-state index in [0.29, 0.717) is 16.5 Å². The molecule has 2 aromatic carbocycles. The molecule has 1 heterocycles. The summed E-state index contributed by atoms with van der Waals surface area (Å²) in [7, 11) is 0. The van der Waals surface area contributed by atoms with E-state index >= 15 is 0 Å². The highest BCUT2D eigenvalue weighted by molar-refractivity contribution is 9.10. The summed E-state index contributed by atoms with van der Waals surface area (Å²) in [5.41, 5.74) is 4.61. The van der Waals surface area contributed by atoms with Crippen molar-refractivity contribution in [1.82, 2.24) is 14.9 Å². The molecule has 122 valence electrons. The summed E-state index contributed by atoms with van der Waals surface area (Å²) in [6.07, 6.45) is 0. The van der Waals surface area contributed by atoms with E-state index in [1.807, 2.05) is 30.3 Å². The maximum Gasteiger partial charge on any atom is 0.270 e. The second-order valence-corrected chi connectivity index (χ2v) is 6.95. The van der Waals surface area contributed by atoms with Gasteiger partial charge in [0.05, 0.1) is 0 Å². The Labute approximate surface area is 152 Å². The number of aromatic nitrogens is 3. The first-order chi connectivity index (χ1) is 11.6. The minimum Gasteiger partial charge on any atom is -0.267 e. The Balaban J connectivity index is 1.72. The molecule has 3 aromatic rings. The molecule has 24 heavy (non-hydrogen) atoms. The summed E-state index contributed by atoms with van der Waals surface area (Å²) in [6.45, 7) is 1.81. The van der Waals surface area contributed by atoms with E-state index in [4.69, 9.17) is 0 Å². The Kier molecular flexibility index (Phi) is 5.32. The van der Waals surface area contributed by atoms with Crippen molar-refractivity contribution in [3.63, 3.8) is 0 Å². The van der Waals surface area contributed by atoms with Crippen LogP contribution in [0.1, 0.15) is 21.7 Å². The first-order valence-corrected chi connectivity index (χ1v) is 9.07. The van der Waals surface area contributed by atoms with Crippen LogP contribution in [0, 0.1) is 6.92 Å². The highest BCUT2D eigenvalue weighted by Gasteiger charge is 2.13. The topological polar surface area (TPSA) is 59.8 Å². The zero-order valence-corrected chi connectivity index (χ0v) is 15.3. The Morgan fingerprint density at radius 2 is 1.83 bits per heavy atom. The fourth-order valence-corrected chi connectivity index (χ4v) is 3.21. The van der Waals surface area contributed by atoms with Gasteiger partial charge in [-0.15, -0.1) is 10.2 Å². The van der Waals surface area contributed by atoms with Gasteiger partial charge in [0, 0.05) is 15.8 Å². The standard InChI is InChI=1S/C17H15BrN4OS/c1-12-19-20-17(24-11-13-5-3-2-4-6-13)22(12)21-16(23)14-7-9-15(18)10-8-14/h2-10H,11H2,1H3,(H,21,23). The molecular weight excluding hydrogens is 388 g/mol. The lowest BCUT2D eigenvalue weighted by Crippen LogP contribution is -2.24. The molecule has 5 nitrogen and oxygen atoms in total. The van der Waals surface area contributed by atoms with Crippen molar-refractivity contribution in [2.24, 2.45) is 0 Å². The fraction of sp³-hybridized carbons (Fsp3) is 0.118. The van der Waals surface area contributed by atoms with Crippen LogP contribution in [0.2, 0.25) is 0 Å². The predicted molar refractivity (Wildman–Crippen MR) is 98.6 cm³/mol. The van der Waals surface area contributed by atoms with Crippen molar-refractivity contribution in [3.05, 3.63) is 76.0 Å². The number of nitrogens with one attached hydrogen (secondary N) is 1. The SMILES string of the molecule is Cc1nnc(SCc2ccccc2)n1NC(=O)c1ccc(Br)cc1. The van der Waals surface area contributed by atoms with E-state index in [1.165, 1.54) is 17.3 Å². The van der Waals surface area contributed by atoms with Gasteiger partial charge in [-0.25, -0.2) is 4.68 Å². The molecule has 0 spiro atoms. The molecule has 0 bridgehead atoms. The van der Waals surface area contributed by atoms with Gasteiger partial charge >= 0.3 is 0 Å². The third-order valence-corrected chi connectivity index (χ3v) is 4.85. The second-order valence-electron chi connectivity index (χ2n) is 5.09. The average molecular weight is 403 g/mol. The highest BCUT2D eigenvalue weighted by Crippen LogP contribution is 2.21. The molecule has 0 saturated heterocycles. The number of amides is 1. The fourth-order valence-electron chi connectivity index (χ4n) is 2.05. The summed E-state index contributed by atoms with van der Waals surface area (Å²) in [5.74, 6) is 1.19. The van der Waals surface area contributed by atoms with Crippen LogP contribution in [-0.2, 0) is 5.75 Å². The maximum atomic E-state index is 12.4. The number of benzene rings is 2. The van der Waals surface area contributed by atoms with Crippen LogP contribution in [0.25, 0.3) is 0 Å². The Hall–Kier alpha value is -2.12. The van der Waals surface area contributed by atoms with E-state index in [-0.39, 0.29) is 5.91 Å². The highest BCUT2D eigenvalue weighted by atomic mass is 79.9. The molecule has 0 aliphatic carbocycles. The minimum atomic E-state index is -0.202. The maximum absolute atomic E-state index is 12.4. The Morgan fingerprint density at radius 3 is 2.54 bits per heavy atom. The van der Waals surface area contributed by atoms with Gasteiger partial charge in [-0.2, -0.15) is 0 Å². The molecule has 7 heteroatoms. The van der Waals surface area contributed by atoms with Crippen LogP contribution in [0.15, 0.2) is 64.2 Å². The Bertz CT molecular complexity index is 834.